The molecule has 0 bridgehead atoms. The van der Waals surface area contributed by atoms with E-state index < -0.39 is 11.8 Å². The molecule has 16 heavy (non-hydrogen) atoms. The molecular formula is C11H9FN2O2. The van der Waals surface area contributed by atoms with Crippen molar-refractivity contribution in [1.82, 2.24) is 9.78 Å². The largest absolute Gasteiger partial charge is 0.478 e. The molecule has 0 aliphatic carbocycles. The molecule has 1 aromatic carbocycles. The van der Waals surface area contributed by atoms with Crippen molar-refractivity contribution in [2.75, 3.05) is 0 Å². The standard InChI is InChI=1S/C11H9FN2O2/c1-3-9-7-4-6(11(15)16)5-8(12)10(7)14(2)13-9/h3-5H,1H2,2H3,(H,15,16). The van der Waals surface area contributed by atoms with E-state index >= 15 is 0 Å². The van der Waals surface area contributed by atoms with Crippen LogP contribution in [0.3, 0.4) is 0 Å². The lowest BCUT2D eigenvalue weighted by Gasteiger charge is -1.99. The number of carboxylic acids is 1. The van der Waals surface area contributed by atoms with E-state index in [1.165, 1.54) is 16.8 Å². The van der Waals surface area contributed by atoms with Crippen LogP contribution in [0.2, 0.25) is 0 Å². The van der Waals surface area contributed by atoms with Gasteiger partial charge in [-0.2, -0.15) is 5.10 Å². The number of carboxylic acid groups (broad SMARTS) is 1. The molecule has 0 unspecified atom stereocenters. The van der Waals surface area contributed by atoms with E-state index in [1.54, 1.807) is 7.05 Å². The average Bonchev–Trinajstić information content (AvgIpc) is 2.55. The van der Waals surface area contributed by atoms with Gasteiger partial charge >= 0.3 is 5.97 Å². The topological polar surface area (TPSA) is 55.1 Å². The highest BCUT2D eigenvalue weighted by molar-refractivity contribution is 5.96. The van der Waals surface area contributed by atoms with Crippen LogP contribution in [0.1, 0.15) is 16.1 Å². The molecule has 0 saturated heterocycles. The number of fused-ring (bicyclic) bond motifs is 1. The normalized spacial score (nSPS) is 10.6. The average molecular weight is 220 g/mol. The number of aromatic carboxylic acids is 1. The molecule has 0 amide bonds. The number of aromatic nitrogens is 2. The lowest BCUT2D eigenvalue weighted by atomic mass is 10.1. The molecular weight excluding hydrogens is 211 g/mol. The maximum Gasteiger partial charge on any atom is 0.335 e. The molecule has 1 N–H and O–H groups in total. The first kappa shape index (κ1) is 10.4. The van der Waals surface area contributed by atoms with Crippen LogP contribution >= 0.6 is 0 Å². The number of hydrogen-bond donors (Lipinski definition) is 1. The summed E-state index contributed by atoms with van der Waals surface area (Å²) in [6.45, 7) is 3.55. The number of hydrogen-bond acceptors (Lipinski definition) is 2. The molecule has 0 aliphatic rings. The summed E-state index contributed by atoms with van der Waals surface area (Å²) < 4.78 is 15.0. The molecule has 82 valence electrons. The van der Waals surface area contributed by atoms with Crippen molar-refractivity contribution in [2.24, 2.45) is 7.05 Å². The van der Waals surface area contributed by atoms with Crippen LogP contribution in [-0.4, -0.2) is 20.9 Å². The van der Waals surface area contributed by atoms with E-state index in [-0.39, 0.29) is 11.1 Å². The van der Waals surface area contributed by atoms with Crippen LogP contribution in [0.15, 0.2) is 18.7 Å². The van der Waals surface area contributed by atoms with Crippen molar-refractivity contribution >= 4 is 22.9 Å². The van der Waals surface area contributed by atoms with E-state index in [2.05, 4.69) is 11.7 Å². The second-order valence-electron chi connectivity index (χ2n) is 3.37. The highest BCUT2D eigenvalue weighted by Crippen LogP contribution is 2.23. The minimum absolute atomic E-state index is 0.0962. The summed E-state index contributed by atoms with van der Waals surface area (Å²) in [4.78, 5) is 10.8. The fraction of sp³-hybridized carbons (Fsp3) is 0.0909. The Balaban J connectivity index is 2.89. The number of benzene rings is 1. The van der Waals surface area contributed by atoms with Gasteiger partial charge in [-0.15, -0.1) is 0 Å². The van der Waals surface area contributed by atoms with Gasteiger partial charge in [-0.3, -0.25) is 4.68 Å². The van der Waals surface area contributed by atoms with E-state index in [0.717, 1.165) is 6.07 Å². The van der Waals surface area contributed by atoms with Crippen LogP contribution in [-0.2, 0) is 7.05 Å². The van der Waals surface area contributed by atoms with Gasteiger partial charge in [0.15, 0.2) is 0 Å². The molecule has 0 aliphatic heterocycles. The monoisotopic (exact) mass is 220 g/mol. The fourth-order valence-electron chi connectivity index (χ4n) is 1.66. The minimum atomic E-state index is -1.17. The zero-order chi connectivity index (χ0) is 11.9. The molecule has 0 atom stereocenters. The summed E-state index contributed by atoms with van der Waals surface area (Å²) in [5.41, 5.74) is 0.653. The molecule has 2 aromatic rings. The van der Waals surface area contributed by atoms with Crippen molar-refractivity contribution in [3.8, 4) is 0 Å². The zero-order valence-corrected chi connectivity index (χ0v) is 8.57. The van der Waals surface area contributed by atoms with Gasteiger partial charge in [-0.05, 0) is 18.2 Å². The lowest BCUT2D eigenvalue weighted by molar-refractivity contribution is 0.0696. The summed E-state index contributed by atoms with van der Waals surface area (Å²) in [6, 6.07) is 2.38. The predicted molar refractivity (Wildman–Crippen MR) is 57.7 cm³/mol. The summed E-state index contributed by atoms with van der Waals surface area (Å²) in [7, 11) is 1.60. The first-order chi connectivity index (χ1) is 7.54. The van der Waals surface area contributed by atoms with E-state index in [4.69, 9.17) is 5.11 Å². The number of nitrogens with zero attached hydrogens (tertiary/aromatic N) is 2. The quantitative estimate of drug-likeness (QED) is 0.842. The first-order valence-corrected chi connectivity index (χ1v) is 4.56. The fourth-order valence-corrected chi connectivity index (χ4v) is 1.66. The van der Waals surface area contributed by atoms with Gasteiger partial charge in [-0.1, -0.05) is 6.58 Å². The Kier molecular flexibility index (Phi) is 2.23. The maximum absolute atomic E-state index is 13.7. The van der Waals surface area contributed by atoms with Crippen LogP contribution in [0.5, 0.6) is 0 Å². The van der Waals surface area contributed by atoms with Crippen molar-refractivity contribution in [1.29, 1.82) is 0 Å². The highest BCUT2D eigenvalue weighted by Gasteiger charge is 2.14. The minimum Gasteiger partial charge on any atom is -0.478 e. The van der Waals surface area contributed by atoms with Gasteiger partial charge in [0.1, 0.15) is 11.3 Å². The molecule has 5 heteroatoms. The van der Waals surface area contributed by atoms with Gasteiger partial charge in [0.2, 0.25) is 0 Å². The van der Waals surface area contributed by atoms with Crippen molar-refractivity contribution in [3.05, 3.63) is 35.8 Å². The number of carbonyl (C=O) groups is 1. The summed E-state index contributed by atoms with van der Waals surface area (Å²) in [6.07, 6.45) is 1.47. The van der Waals surface area contributed by atoms with E-state index in [9.17, 15) is 9.18 Å². The maximum atomic E-state index is 13.7. The molecule has 1 heterocycles. The third-order valence-electron chi connectivity index (χ3n) is 2.36. The van der Waals surface area contributed by atoms with Gasteiger partial charge in [0.05, 0.1) is 11.3 Å². The summed E-state index contributed by atoms with van der Waals surface area (Å²) in [5.74, 6) is -1.77. The van der Waals surface area contributed by atoms with Crippen molar-refractivity contribution < 1.29 is 14.3 Å². The summed E-state index contributed by atoms with van der Waals surface area (Å²) >= 11 is 0. The zero-order valence-electron chi connectivity index (χ0n) is 8.57. The van der Waals surface area contributed by atoms with Crippen LogP contribution in [0.4, 0.5) is 4.39 Å². The van der Waals surface area contributed by atoms with Gasteiger partial charge in [0, 0.05) is 12.4 Å². The Hall–Kier alpha value is -2.17. The molecule has 0 radical (unpaired) electrons. The predicted octanol–water partition coefficient (Wildman–Crippen LogP) is 2.05. The van der Waals surface area contributed by atoms with Gasteiger partial charge in [0.25, 0.3) is 0 Å². The van der Waals surface area contributed by atoms with Crippen LogP contribution in [0, 0.1) is 5.82 Å². The Labute approximate surface area is 90.6 Å². The Morgan fingerprint density at radius 1 is 1.62 bits per heavy atom. The molecule has 2 rings (SSSR count). The molecule has 1 aromatic heterocycles. The lowest BCUT2D eigenvalue weighted by Crippen LogP contribution is -1.98. The van der Waals surface area contributed by atoms with Crippen LogP contribution < -0.4 is 0 Å². The van der Waals surface area contributed by atoms with Crippen LogP contribution in [0.25, 0.3) is 17.0 Å². The highest BCUT2D eigenvalue weighted by atomic mass is 19.1. The van der Waals surface area contributed by atoms with Gasteiger partial charge in [-0.25, -0.2) is 9.18 Å². The molecule has 0 spiro atoms. The number of halogens is 1. The third-order valence-corrected chi connectivity index (χ3v) is 2.36. The first-order valence-electron chi connectivity index (χ1n) is 4.56. The smallest absolute Gasteiger partial charge is 0.335 e. The second-order valence-corrected chi connectivity index (χ2v) is 3.37. The molecule has 0 saturated carbocycles. The number of rotatable bonds is 2. The number of aryl methyl sites for hydroxylation is 1. The Bertz CT molecular complexity index is 602. The molecule has 4 nitrogen and oxygen atoms in total. The Morgan fingerprint density at radius 2 is 2.31 bits per heavy atom. The third kappa shape index (κ3) is 1.37. The van der Waals surface area contributed by atoms with E-state index in [0.29, 0.717) is 11.1 Å². The summed E-state index contributed by atoms with van der Waals surface area (Å²) in [5, 5.41) is 13.3. The van der Waals surface area contributed by atoms with Crippen molar-refractivity contribution in [3.63, 3.8) is 0 Å². The SMILES string of the molecule is C=Cc1nn(C)c2c(F)cc(C(=O)O)cc12. The second kappa shape index (κ2) is 3.44. The van der Waals surface area contributed by atoms with Crippen molar-refractivity contribution in [2.45, 2.75) is 0 Å². The molecule has 0 fully saturated rings. The van der Waals surface area contributed by atoms with Gasteiger partial charge < -0.3 is 5.11 Å². The van der Waals surface area contributed by atoms with E-state index in [1.807, 2.05) is 0 Å². The Morgan fingerprint density at radius 3 is 2.88 bits per heavy atom.